The molecule has 4 saturated carbocycles. The van der Waals surface area contributed by atoms with Crippen LogP contribution in [-0.4, -0.2) is 55.5 Å². The third kappa shape index (κ3) is 6.48. The van der Waals surface area contributed by atoms with Crippen molar-refractivity contribution in [3.05, 3.63) is 65.2 Å². The first kappa shape index (κ1) is 28.7. The number of para-hydroxylation sites is 1. The molecule has 1 aliphatic heterocycles. The van der Waals surface area contributed by atoms with Gasteiger partial charge in [-0.1, -0.05) is 30.3 Å². The number of carbonyl (C=O) groups excluding carboxylic acids is 3. The Balaban J connectivity index is 0.912. The predicted molar refractivity (Wildman–Crippen MR) is 159 cm³/mol. The van der Waals surface area contributed by atoms with Crippen molar-refractivity contribution in [1.29, 1.82) is 0 Å². The number of nitrogens with zero attached hydrogens (tertiary/aromatic N) is 1. The second kappa shape index (κ2) is 12.5. The Morgan fingerprint density at radius 3 is 2.36 bits per heavy atom. The molecule has 7 rings (SSSR count). The lowest BCUT2D eigenvalue weighted by molar-refractivity contribution is -0.128. The van der Waals surface area contributed by atoms with Crippen LogP contribution < -0.4 is 15.4 Å². The Morgan fingerprint density at radius 2 is 1.64 bits per heavy atom. The van der Waals surface area contributed by atoms with Crippen LogP contribution in [0, 0.1) is 23.2 Å². The number of hydrogen-bond donors (Lipinski definition) is 2. The number of carbonyl (C=O) groups is 3. The smallest absolute Gasteiger partial charge is 0.337 e. The molecule has 2 unspecified atom stereocenters. The molecule has 2 atom stereocenters. The van der Waals surface area contributed by atoms with Crippen LogP contribution in [0.3, 0.4) is 0 Å². The Hall–Kier alpha value is -3.39. The number of ether oxygens (including phenoxy) is 2. The normalized spacial score (nSPS) is 26.6. The Morgan fingerprint density at radius 1 is 0.929 bits per heavy atom. The maximum absolute atomic E-state index is 12.8. The summed E-state index contributed by atoms with van der Waals surface area (Å²) >= 11 is 0. The Labute approximate surface area is 248 Å². The van der Waals surface area contributed by atoms with Gasteiger partial charge in [-0.25, -0.2) is 4.79 Å². The van der Waals surface area contributed by atoms with Gasteiger partial charge in [-0.3, -0.25) is 14.5 Å². The molecule has 0 radical (unpaired) electrons. The number of amides is 2. The van der Waals surface area contributed by atoms with Gasteiger partial charge < -0.3 is 20.1 Å². The minimum atomic E-state index is -0.352. The second-order valence-electron chi connectivity index (χ2n) is 13.1. The lowest BCUT2D eigenvalue weighted by Crippen LogP contribution is -2.47. The quantitative estimate of drug-likeness (QED) is 0.385. The fourth-order valence-corrected chi connectivity index (χ4v) is 8.36. The third-order valence-electron chi connectivity index (χ3n) is 10.2. The van der Waals surface area contributed by atoms with Crippen molar-refractivity contribution in [2.24, 2.45) is 23.2 Å². The van der Waals surface area contributed by atoms with E-state index in [-0.39, 0.29) is 35.8 Å². The first-order valence-corrected chi connectivity index (χ1v) is 15.6. The molecule has 2 N–H and O–H groups in total. The summed E-state index contributed by atoms with van der Waals surface area (Å²) in [5.41, 5.74) is 2.84. The van der Waals surface area contributed by atoms with Crippen molar-refractivity contribution in [3.8, 4) is 5.75 Å². The second-order valence-corrected chi connectivity index (χ2v) is 13.1. The van der Waals surface area contributed by atoms with Crippen LogP contribution in [0.2, 0.25) is 0 Å². The van der Waals surface area contributed by atoms with Gasteiger partial charge in [0.2, 0.25) is 11.8 Å². The largest absolute Gasteiger partial charge is 0.489 e. The molecule has 0 aromatic heterocycles. The molecule has 4 bridgehead atoms. The monoisotopic (exact) mass is 573 g/mol. The number of nitrogens with one attached hydrogen (secondary N) is 2. The van der Waals surface area contributed by atoms with Gasteiger partial charge in [-0.05, 0) is 91.9 Å². The van der Waals surface area contributed by atoms with Gasteiger partial charge >= 0.3 is 5.97 Å². The summed E-state index contributed by atoms with van der Waals surface area (Å²) in [7, 11) is 1.37. The molecule has 0 spiro atoms. The first-order chi connectivity index (χ1) is 20.4. The van der Waals surface area contributed by atoms with Gasteiger partial charge in [0.1, 0.15) is 12.4 Å². The summed E-state index contributed by atoms with van der Waals surface area (Å²) in [5, 5.41) is 6.06. The zero-order chi connectivity index (χ0) is 29.1. The van der Waals surface area contributed by atoms with Crippen LogP contribution in [0.15, 0.2) is 48.5 Å². The highest BCUT2D eigenvalue weighted by Gasteiger charge is 2.57. The average molecular weight is 574 g/mol. The summed E-state index contributed by atoms with van der Waals surface area (Å²) < 4.78 is 10.9. The summed E-state index contributed by atoms with van der Waals surface area (Å²) in [6.07, 6.45) is 8.79. The predicted octanol–water partition coefficient (Wildman–Crippen LogP) is 4.47. The molecule has 42 heavy (non-hydrogen) atoms. The van der Waals surface area contributed by atoms with Crippen LogP contribution >= 0.6 is 0 Å². The van der Waals surface area contributed by atoms with Crippen LogP contribution in [-0.2, 0) is 27.5 Å². The molecule has 224 valence electrons. The average Bonchev–Trinajstić information content (AvgIpc) is 3.38. The van der Waals surface area contributed by atoms with Crippen molar-refractivity contribution >= 4 is 17.8 Å². The molecular weight excluding hydrogens is 530 g/mol. The van der Waals surface area contributed by atoms with Crippen molar-refractivity contribution in [2.75, 3.05) is 26.7 Å². The molecule has 2 aromatic rings. The first-order valence-electron chi connectivity index (χ1n) is 15.6. The van der Waals surface area contributed by atoms with E-state index in [2.05, 4.69) is 21.6 Å². The fraction of sp³-hybridized carbons (Fsp3) is 0.559. The number of rotatable bonds is 11. The molecule has 2 aromatic carbocycles. The maximum Gasteiger partial charge on any atom is 0.337 e. The third-order valence-corrected chi connectivity index (χ3v) is 10.2. The van der Waals surface area contributed by atoms with Crippen molar-refractivity contribution in [1.82, 2.24) is 15.5 Å². The highest BCUT2D eigenvalue weighted by Crippen LogP contribution is 2.66. The van der Waals surface area contributed by atoms with E-state index in [0.717, 1.165) is 67.1 Å². The van der Waals surface area contributed by atoms with E-state index < -0.39 is 0 Å². The van der Waals surface area contributed by atoms with Crippen molar-refractivity contribution in [3.63, 3.8) is 0 Å². The highest BCUT2D eigenvalue weighted by molar-refractivity contribution is 5.89. The highest BCUT2D eigenvalue weighted by atomic mass is 16.5. The lowest BCUT2D eigenvalue weighted by atomic mass is 9.73. The minimum absolute atomic E-state index is 0.0484. The molecular formula is C34H43N3O5. The SMILES string of the molecule is COC(=O)c1ccc(COc2ccccc2CN2CCC(NC(=O)CNC(=O)CC34CC5CC(CC3C5)C4)CC2)cc1. The van der Waals surface area contributed by atoms with Gasteiger partial charge in [0, 0.05) is 37.7 Å². The number of esters is 1. The number of hydrogen-bond acceptors (Lipinski definition) is 6. The topological polar surface area (TPSA) is 97.0 Å². The molecule has 5 aliphatic rings. The Kier molecular flexibility index (Phi) is 8.52. The number of likely N-dealkylation sites (tertiary alicyclic amines) is 1. The molecule has 1 saturated heterocycles. The molecule has 8 heteroatoms. The van der Waals surface area contributed by atoms with Gasteiger partial charge in [0.25, 0.3) is 0 Å². The van der Waals surface area contributed by atoms with Gasteiger partial charge in [0.05, 0.1) is 19.2 Å². The van der Waals surface area contributed by atoms with Gasteiger partial charge in [-0.2, -0.15) is 0 Å². The maximum atomic E-state index is 12.8. The van der Waals surface area contributed by atoms with E-state index >= 15 is 0 Å². The molecule has 1 heterocycles. The number of piperidine rings is 1. The minimum Gasteiger partial charge on any atom is -0.489 e. The van der Waals surface area contributed by atoms with E-state index in [1.807, 2.05) is 30.3 Å². The van der Waals surface area contributed by atoms with E-state index in [0.29, 0.717) is 18.6 Å². The van der Waals surface area contributed by atoms with Crippen LogP contribution in [0.4, 0.5) is 0 Å². The zero-order valence-electron chi connectivity index (χ0n) is 24.6. The van der Waals surface area contributed by atoms with Crippen LogP contribution in [0.1, 0.15) is 72.9 Å². The van der Waals surface area contributed by atoms with E-state index in [1.54, 1.807) is 12.1 Å². The summed E-state index contributed by atoms with van der Waals surface area (Å²) in [5.74, 6) is 2.86. The Bertz CT molecular complexity index is 1270. The van der Waals surface area contributed by atoms with Gasteiger partial charge in [0.15, 0.2) is 0 Å². The summed E-state index contributed by atoms with van der Waals surface area (Å²) in [6.45, 7) is 3.02. The number of benzene rings is 2. The zero-order valence-corrected chi connectivity index (χ0v) is 24.6. The lowest BCUT2D eigenvalue weighted by Gasteiger charge is -2.33. The van der Waals surface area contributed by atoms with E-state index in [9.17, 15) is 14.4 Å². The molecule has 4 aliphatic carbocycles. The summed E-state index contributed by atoms with van der Waals surface area (Å²) in [6, 6.07) is 15.5. The van der Waals surface area contributed by atoms with Crippen molar-refractivity contribution < 1.29 is 23.9 Å². The molecule has 8 nitrogen and oxygen atoms in total. The van der Waals surface area contributed by atoms with Crippen LogP contribution in [0.5, 0.6) is 5.75 Å². The fourth-order valence-electron chi connectivity index (χ4n) is 8.36. The van der Waals surface area contributed by atoms with E-state index in [4.69, 9.17) is 9.47 Å². The standard InChI is InChI=1S/C34H43N3O5/c1-41-33(40)26-8-6-23(7-9-26)22-42-30-5-3-2-4-27(30)21-37-12-10-29(11-13-37)36-32(39)20-35-31(38)19-34-17-24-14-25(18-34)16-28(34)15-24/h2-9,24-25,28-29H,10-22H2,1H3,(H,35,38)(H,36,39). The van der Waals surface area contributed by atoms with Crippen LogP contribution in [0.25, 0.3) is 0 Å². The van der Waals surface area contributed by atoms with Crippen molar-refractivity contribution in [2.45, 2.75) is 70.6 Å². The summed E-state index contributed by atoms with van der Waals surface area (Å²) in [4.78, 5) is 39.4. The van der Waals surface area contributed by atoms with Gasteiger partial charge in [-0.15, -0.1) is 0 Å². The molecule has 5 fully saturated rings. The molecule has 2 amide bonds. The number of methoxy groups -OCH3 is 1. The van der Waals surface area contributed by atoms with E-state index in [1.165, 1.54) is 39.2 Å².